The summed E-state index contributed by atoms with van der Waals surface area (Å²) in [5.41, 5.74) is 0.674. The molecule has 1 N–H and O–H groups in total. The Hall–Kier alpha value is -0.510. The van der Waals surface area contributed by atoms with Crippen LogP contribution in [0.15, 0.2) is 12.1 Å². The normalized spacial score (nSPS) is 14.6. The van der Waals surface area contributed by atoms with Crippen molar-refractivity contribution in [2.24, 2.45) is 0 Å². The van der Waals surface area contributed by atoms with Crippen molar-refractivity contribution in [3.05, 3.63) is 28.0 Å². The molecule has 2 nitrogen and oxygen atoms in total. The maximum atomic E-state index is 13.2. The van der Waals surface area contributed by atoms with Crippen LogP contribution in [0.5, 0.6) is 0 Å². The van der Waals surface area contributed by atoms with Gasteiger partial charge in [-0.2, -0.15) is 0 Å². The van der Waals surface area contributed by atoms with Gasteiger partial charge in [0.15, 0.2) is 5.82 Å². The smallest absolute Gasteiger partial charge is 0.160 e. The minimum absolute atomic E-state index is 0.00673. The van der Waals surface area contributed by atoms with E-state index in [9.17, 15) is 4.39 Å². The molecule has 0 aliphatic carbocycles. The third-order valence-corrected chi connectivity index (χ3v) is 3.00. The van der Waals surface area contributed by atoms with Crippen LogP contribution in [0.4, 0.5) is 10.1 Å². The lowest BCUT2D eigenvalue weighted by Crippen LogP contribution is -2.29. The number of rotatable bonds is 4. The van der Waals surface area contributed by atoms with E-state index >= 15 is 0 Å². The van der Waals surface area contributed by atoms with Gasteiger partial charge in [-0.3, -0.25) is 0 Å². The topological polar surface area (TPSA) is 21.3 Å². The highest BCUT2D eigenvalue weighted by molar-refractivity contribution is 6.35. The Bertz CT molecular complexity index is 350. The fourth-order valence-corrected chi connectivity index (χ4v) is 1.71. The predicted molar refractivity (Wildman–Crippen MR) is 66.0 cm³/mol. The molecule has 0 saturated carbocycles. The summed E-state index contributed by atoms with van der Waals surface area (Å²) in [4.78, 5) is 0. The van der Waals surface area contributed by atoms with Crippen molar-refractivity contribution in [3.63, 3.8) is 0 Å². The largest absolute Gasteiger partial charge is 0.380 e. The summed E-state index contributed by atoms with van der Waals surface area (Å²) in [6, 6.07) is 3.08. The lowest BCUT2D eigenvalue weighted by molar-refractivity contribution is 0.106. The number of halogens is 3. The standard InChI is InChI=1S/C11H14Cl2FNO/c1-6(7(2)16-3)15-8-4-9(12)11(14)10(13)5-8/h4-7,15H,1-3H3. The Morgan fingerprint density at radius 3 is 2.19 bits per heavy atom. The van der Waals surface area contributed by atoms with Gasteiger partial charge >= 0.3 is 0 Å². The highest BCUT2D eigenvalue weighted by Crippen LogP contribution is 2.27. The summed E-state index contributed by atoms with van der Waals surface area (Å²) in [7, 11) is 1.63. The van der Waals surface area contributed by atoms with Crippen LogP contribution in [0, 0.1) is 5.82 Å². The van der Waals surface area contributed by atoms with Gasteiger partial charge in [-0.25, -0.2) is 4.39 Å². The average Bonchev–Trinajstić information content (AvgIpc) is 2.24. The third-order valence-electron chi connectivity index (χ3n) is 2.45. The molecule has 2 atom stereocenters. The van der Waals surface area contributed by atoms with Crippen molar-refractivity contribution in [1.82, 2.24) is 0 Å². The molecule has 0 aromatic heterocycles. The van der Waals surface area contributed by atoms with E-state index in [-0.39, 0.29) is 22.2 Å². The zero-order valence-corrected chi connectivity index (χ0v) is 10.9. The zero-order chi connectivity index (χ0) is 12.3. The van der Waals surface area contributed by atoms with Gasteiger partial charge in [0.25, 0.3) is 0 Å². The molecule has 1 aromatic rings. The highest BCUT2D eigenvalue weighted by atomic mass is 35.5. The van der Waals surface area contributed by atoms with E-state index in [0.29, 0.717) is 5.69 Å². The molecule has 0 fully saturated rings. The van der Waals surface area contributed by atoms with Gasteiger partial charge in [0.2, 0.25) is 0 Å². The first-order chi connectivity index (χ1) is 7.45. The van der Waals surface area contributed by atoms with Gasteiger partial charge in [-0.05, 0) is 26.0 Å². The Balaban J connectivity index is 2.82. The summed E-state index contributed by atoms with van der Waals surface area (Å²) in [5.74, 6) is -0.596. The van der Waals surface area contributed by atoms with Crippen molar-refractivity contribution in [2.75, 3.05) is 12.4 Å². The number of hydrogen-bond acceptors (Lipinski definition) is 2. The molecule has 16 heavy (non-hydrogen) atoms. The number of ether oxygens (including phenoxy) is 1. The summed E-state index contributed by atoms with van der Waals surface area (Å²) in [6.45, 7) is 3.89. The van der Waals surface area contributed by atoms with Crippen LogP contribution in [0.25, 0.3) is 0 Å². The Kier molecular flexibility index (Phi) is 4.84. The molecule has 0 saturated heterocycles. The second-order valence-electron chi connectivity index (χ2n) is 3.63. The molecule has 2 unspecified atom stereocenters. The lowest BCUT2D eigenvalue weighted by atomic mass is 10.2. The molecule has 90 valence electrons. The molecular formula is C11H14Cl2FNO. The van der Waals surface area contributed by atoms with Crippen LogP contribution >= 0.6 is 23.2 Å². The maximum Gasteiger partial charge on any atom is 0.160 e. The fourth-order valence-electron chi connectivity index (χ4n) is 1.22. The molecule has 0 bridgehead atoms. The number of hydrogen-bond donors (Lipinski definition) is 1. The molecule has 1 rings (SSSR count). The Labute approximate surface area is 105 Å². The summed E-state index contributed by atoms with van der Waals surface area (Å²) in [6.07, 6.45) is 0.0302. The Morgan fingerprint density at radius 1 is 1.25 bits per heavy atom. The Morgan fingerprint density at radius 2 is 1.75 bits per heavy atom. The highest BCUT2D eigenvalue weighted by Gasteiger charge is 2.13. The molecule has 1 aromatic carbocycles. The van der Waals surface area contributed by atoms with Gasteiger partial charge in [0, 0.05) is 18.8 Å². The minimum atomic E-state index is -0.596. The van der Waals surface area contributed by atoms with Crippen molar-refractivity contribution in [3.8, 4) is 0 Å². The van der Waals surface area contributed by atoms with Crippen molar-refractivity contribution < 1.29 is 9.13 Å². The van der Waals surface area contributed by atoms with Crippen molar-refractivity contribution in [1.29, 1.82) is 0 Å². The second kappa shape index (κ2) is 5.71. The molecule has 0 amide bonds. The van der Waals surface area contributed by atoms with Crippen molar-refractivity contribution in [2.45, 2.75) is 26.0 Å². The molecule has 0 spiro atoms. The molecular weight excluding hydrogens is 252 g/mol. The fraction of sp³-hybridized carbons (Fsp3) is 0.455. The molecule has 0 radical (unpaired) electrons. The first-order valence-electron chi connectivity index (χ1n) is 4.89. The van der Waals surface area contributed by atoms with Crippen molar-refractivity contribution >= 4 is 28.9 Å². The van der Waals surface area contributed by atoms with E-state index < -0.39 is 5.82 Å². The number of nitrogens with one attached hydrogen (secondary N) is 1. The van der Waals surface area contributed by atoms with Crippen LogP contribution in [-0.2, 0) is 4.74 Å². The van der Waals surface area contributed by atoms with Crippen LogP contribution < -0.4 is 5.32 Å². The summed E-state index contributed by atoms with van der Waals surface area (Å²) < 4.78 is 18.3. The maximum absolute atomic E-state index is 13.2. The summed E-state index contributed by atoms with van der Waals surface area (Å²) >= 11 is 11.4. The first-order valence-corrected chi connectivity index (χ1v) is 5.65. The minimum Gasteiger partial charge on any atom is -0.380 e. The van der Waals surface area contributed by atoms with Gasteiger partial charge in [-0.1, -0.05) is 23.2 Å². The SMILES string of the molecule is COC(C)C(C)Nc1cc(Cl)c(F)c(Cl)c1. The van der Waals surface area contributed by atoms with Gasteiger partial charge < -0.3 is 10.1 Å². The number of methoxy groups -OCH3 is 1. The number of benzene rings is 1. The van der Waals surface area contributed by atoms with E-state index in [4.69, 9.17) is 27.9 Å². The third kappa shape index (κ3) is 3.24. The van der Waals surface area contributed by atoms with Gasteiger partial charge in [0.1, 0.15) is 0 Å². The molecule has 0 aliphatic heterocycles. The van der Waals surface area contributed by atoms with E-state index in [0.717, 1.165) is 0 Å². The average molecular weight is 266 g/mol. The first kappa shape index (κ1) is 13.6. The lowest BCUT2D eigenvalue weighted by Gasteiger charge is -2.21. The van der Waals surface area contributed by atoms with E-state index in [1.807, 2.05) is 13.8 Å². The van der Waals surface area contributed by atoms with E-state index in [2.05, 4.69) is 5.32 Å². The van der Waals surface area contributed by atoms with Crippen LogP contribution in [0.3, 0.4) is 0 Å². The molecule has 0 heterocycles. The van der Waals surface area contributed by atoms with Gasteiger partial charge in [0.05, 0.1) is 16.1 Å². The quantitative estimate of drug-likeness (QED) is 0.832. The monoisotopic (exact) mass is 265 g/mol. The van der Waals surface area contributed by atoms with Crippen LogP contribution in [0.1, 0.15) is 13.8 Å². The number of anilines is 1. The predicted octanol–water partition coefficient (Wildman–Crippen LogP) is 3.97. The summed E-state index contributed by atoms with van der Waals surface area (Å²) in [5, 5.41) is 3.15. The van der Waals surface area contributed by atoms with E-state index in [1.165, 1.54) is 12.1 Å². The van der Waals surface area contributed by atoms with Crippen LogP contribution in [0.2, 0.25) is 10.0 Å². The molecule has 5 heteroatoms. The van der Waals surface area contributed by atoms with Gasteiger partial charge in [-0.15, -0.1) is 0 Å². The zero-order valence-electron chi connectivity index (χ0n) is 9.35. The van der Waals surface area contributed by atoms with Crippen LogP contribution in [-0.4, -0.2) is 19.3 Å². The second-order valence-corrected chi connectivity index (χ2v) is 4.44. The van der Waals surface area contributed by atoms with E-state index in [1.54, 1.807) is 7.11 Å². The molecule has 0 aliphatic rings.